The topological polar surface area (TPSA) is 18.5 Å². The average molecular weight is 202 g/mol. The molecule has 14 heavy (non-hydrogen) atoms. The Bertz CT molecular complexity index is 160. The molecule has 0 aliphatic rings. The maximum absolute atomic E-state index is 5.85. The molecule has 0 aromatic carbocycles. The zero-order chi connectivity index (χ0) is 11.4. The van der Waals surface area contributed by atoms with Crippen LogP contribution in [0.4, 0.5) is 0 Å². The highest BCUT2D eigenvalue weighted by Gasteiger charge is 2.24. The van der Waals surface area contributed by atoms with Gasteiger partial charge in [-0.2, -0.15) is 0 Å². The maximum atomic E-state index is 5.85. The number of methoxy groups -OCH3 is 1. The Balaban J connectivity index is 3.85. The van der Waals surface area contributed by atoms with Gasteiger partial charge in [-0.15, -0.1) is 0 Å². The third-order valence-electron chi connectivity index (χ3n) is 3.12. The van der Waals surface area contributed by atoms with Crippen molar-refractivity contribution in [3.05, 3.63) is 0 Å². The van der Waals surface area contributed by atoms with Crippen LogP contribution in [0.3, 0.4) is 0 Å². The minimum absolute atomic E-state index is 0.0379. The van der Waals surface area contributed by atoms with E-state index in [1.54, 1.807) is 7.11 Å². The Morgan fingerprint density at radius 3 is 1.93 bits per heavy atom. The van der Waals surface area contributed by atoms with Crippen molar-refractivity contribution in [1.82, 2.24) is 0 Å². The quantitative estimate of drug-likeness (QED) is 0.658. The molecule has 0 aromatic heterocycles. The van der Waals surface area contributed by atoms with Gasteiger partial charge in [-0.25, -0.2) is 0 Å². The molecule has 0 unspecified atom stereocenters. The summed E-state index contributed by atoms with van der Waals surface area (Å²) in [5.74, 6) is 0.535. The van der Waals surface area contributed by atoms with E-state index in [-0.39, 0.29) is 11.2 Å². The fourth-order valence-corrected chi connectivity index (χ4v) is 0.829. The Hall–Kier alpha value is -0.0800. The predicted molar refractivity (Wildman–Crippen MR) is 60.6 cm³/mol. The van der Waals surface area contributed by atoms with Crippen molar-refractivity contribution in [2.45, 2.75) is 59.2 Å². The van der Waals surface area contributed by atoms with Gasteiger partial charge in [0.25, 0.3) is 0 Å². The summed E-state index contributed by atoms with van der Waals surface area (Å²) >= 11 is 0. The van der Waals surface area contributed by atoms with Gasteiger partial charge < -0.3 is 9.47 Å². The molecule has 0 heterocycles. The Kier molecular flexibility index (Phi) is 5.10. The first-order valence-corrected chi connectivity index (χ1v) is 5.40. The minimum atomic E-state index is -0.0763. The summed E-state index contributed by atoms with van der Waals surface area (Å²) in [6, 6.07) is 0. The molecule has 0 aromatic rings. The van der Waals surface area contributed by atoms with Gasteiger partial charge in [-0.3, -0.25) is 0 Å². The second kappa shape index (κ2) is 5.13. The zero-order valence-electron chi connectivity index (χ0n) is 10.8. The van der Waals surface area contributed by atoms with Crippen molar-refractivity contribution in [2.24, 2.45) is 5.92 Å². The summed E-state index contributed by atoms with van der Waals surface area (Å²) < 4.78 is 11.2. The monoisotopic (exact) mass is 202 g/mol. The van der Waals surface area contributed by atoms with Crippen LogP contribution in [-0.2, 0) is 9.47 Å². The number of hydrogen-bond donors (Lipinski definition) is 0. The summed E-state index contributed by atoms with van der Waals surface area (Å²) in [4.78, 5) is 0. The molecule has 0 radical (unpaired) electrons. The summed E-state index contributed by atoms with van der Waals surface area (Å²) in [5.41, 5.74) is -0.114. The average Bonchev–Trinajstić information content (AvgIpc) is 2.03. The molecule has 86 valence electrons. The van der Waals surface area contributed by atoms with E-state index in [9.17, 15) is 0 Å². The summed E-state index contributed by atoms with van der Waals surface area (Å²) in [5, 5.41) is 0. The molecule has 0 amide bonds. The molecule has 0 saturated heterocycles. The minimum Gasteiger partial charge on any atom is -0.379 e. The van der Waals surface area contributed by atoms with Crippen molar-refractivity contribution < 1.29 is 9.47 Å². The molecular weight excluding hydrogens is 176 g/mol. The summed E-state index contributed by atoms with van der Waals surface area (Å²) in [6.07, 6.45) is 0.930. The fraction of sp³-hybridized carbons (Fsp3) is 1.00. The van der Waals surface area contributed by atoms with Gasteiger partial charge >= 0.3 is 0 Å². The van der Waals surface area contributed by atoms with E-state index < -0.39 is 0 Å². The van der Waals surface area contributed by atoms with Gasteiger partial charge in [-0.1, -0.05) is 13.8 Å². The second-order valence-electron chi connectivity index (χ2n) is 5.32. The summed E-state index contributed by atoms with van der Waals surface area (Å²) in [6.45, 7) is 13.6. The molecule has 0 atom stereocenters. The third kappa shape index (κ3) is 4.97. The first-order chi connectivity index (χ1) is 6.21. The van der Waals surface area contributed by atoms with Crippen molar-refractivity contribution in [3.8, 4) is 0 Å². The van der Waals surface area contributed by atoms with Crippen molar-refractivity contribution in [3.63, 3.8) is 0 Å². The van der Waals surface area contributed by atoms with E-state index >= 15 is 0 Å². The first-order valence-electron chi connectivity index (χ1n) is 5.40. The molecule has 0 spiro atoms. The SMILES string of the molecule is COC(C)(C)CCOC(C)(C)C(C)C. The molecule has 0 N–H and O–H groups in total. The predicted octanol–water partition coefficient (Wildman–Crippen LogP) is 3.25. The Morgan fingerprint density at radius 1 is 1.07 bits per heavy atom. The number of ether oxygens (including phenoxy) is 2. The van der Waals surface area contributed by atoms with E-state index in [4.69, 9.17) is 9.47 Å². The van der Waals surface area contributed by atoms with Crippen LogP contribution in [-0.4, -0.2) is 24.9 Å². The Labute approximate surface area is 89.0 Å². The maximum Gasteiger partial charge on any atom is 0.0649 e. The smallest absolute Gasteiger partial charge is 0.0649 e. The van der Waals surface area contributed by atoms with Gasteiger partial charge in [0, 0.05) is 7.11 Å². The normalized spacial score (nSPS) is 13.7. The lowest BCUT2D eigenvalue weighted by Crippen LogP contribution is -2.33. The van der Waals surface area contributed by atoms with Crippen molar-refractivity contribution in [2.75, 3.05) is 13.7 Å². The van der Waals surface area contributed by atoms with Gasteiger partial charge in [-0.05, 0) is 40.0 Å². The van der Waals surface area contributed by atoms with Crippen LogP contribution in [0.2, 0.25) is 0 Å². The van der Waals surface area contributed by atoms with Gasteiger partial charge in [0.1, 0.15) is 0 Å². The largest absolute Gasteiger partial charge is 0.379 e. The van der Waals surface area contributed by atoms with Gasteiger partial charge in [0.05, 0.1) is 17.8 Å². The van der Waals surface area contributed by atoms with Crippen LogP contribution < -0.4 is 0 Å². The highest BCUT2D eigenvalue weighted by atomic mass is 16.5. The molecule has 0 aliphatic carbocycles. The molecule has 2 nitrogen and oxygen atoms in total. The molecule has 0 aliphatic heterocycles. The van der Waals surface area contributed by atoms with Crippen LogP contribution >= 0.6 is 0 Å². The molecule has 0 bridgehead atoms. The lowest BCUT2D eigenvalue weighted by Gasteiger charge is -2.31. The fourth-order valence-electron chi connectivity index (χ4n) is 0.829. The van der Waals surface area contributed by atoms with Crippen molar-refractivity contribution in [1.29, 1.82) is 0 Å². The Morgan fingerprint density at radius 2 is 1.57 bits per heavy atom. The molecule has 0 fully saturated rings. The van der Waals surface area contributed by atoms with Gasteiger partial charge in [0.2, 0.25) is 0 Å². The molecule has 0 rings (SSSR count). The standard InChI is InChI=1S/C12H26O2/c1-10(2)12(5,6)14-9-8-11(3,4)13-7/h10H,8-9H2,1-7H3. The highest BCUT2D eigenvalue weighted by molar-refractivity contribution is 4.74. The first kappa shape index (κ1) is 13.9. The van der Waals surface area contributed by atoms with Crippen LogP contribution in [0.1, 0.15) is 48.0 Å². The van der Waals surface area contributed by atoms with Crippen LogP contribution in [0, 0.1) is 5.92 Å². The zero-order valence-corrected chi connectivity index (χ0v) is 10.8. The molecular formula is C12H26O2. The van der Waals surface area contributed by atoms with Crippen molar-refractivity contribution >= 4 is 0 Å². The van der Waals surface area contributed by atoms with E-state index in [1.165, 1.54) is 0 Å². The van der Waals surface area contributed by atoms with E-state index in [1.807, 2.05) is 0 Å². The van der Waals surface area contributed by atoms with Crippen LogP contribution in [0.25, 0.3) is 0 Å². The van der Waals surface area contributed by atoms with Gasteiger partial charge in [0.15, 0.2) is 0 Å². The van der Waals surface area contributed by atoms with Crippen LogP contribution in [0.15, 0.2) is 0 Å². The second-order valence-corrected chi connectivity index (χ2v) is 5.32. The molecule has 0 saturated carbocycles. The summed E-state index contributed by atoms with van der Waals surface area (Å²) in [7, 11) is 1.74. The third-order valence-corrected chi connectivity index (χ3v) is 3.12. The van der Waals surface area contributed by atoms with Crippen LogP contribution in [0.5, 0.6) is 0 Å². The number of rotatable bonds is 6. The lowest BCUT2D eigenvalue weighted by molar-refractivity contribution is -0.0780. The van der Waals surface area contributed by atoms with E-state index in [0.717, 1.165) is 13.0 Å². The van der Waals surface area contributed by atoms with E-state index in [0.29, 0.717) is 5.92 Å². The van der Waals surface area contributed by atoms with E-state index in [2.05, 4.69) is 41.5 Å². The lowest BCUT2D eigenvalue weighted by atomic mass is 9.94. The highest BCUT2D eigenvalue weighted by Crippen LogP contribution is 2.22. The number of hydrogen-bond acceptors (Lipinski definition) is 2. The molecule has 2 heteroatoms.